The van der Waals surface area contributed by atoms with Gasteiger partial charge < -0.3 is 5.73 Å². The molecule has 0 atom stereocenters. The zero-order valence-electron chi connectivity index (χ0n) is 5.57. The second-order valence-corrected chi connectivity index (χ2v) is 3.77. The monoisotopic (exact) mass is 340 g/mol. The first kappa shape index (κ1) is 8.10. The predicted octanol–water partition coefficient (Wildman–Crippen LogP) is 0.469. The van der Waals surface area contributed by atoms with Gasteiger partial charge in [0.1, 0.15) is 8.30 Å². The Morgan fingerprint density at radius 1 is 1.50 bits per heavy atom. The summed E-state index contributed by atoms with van der Waals surface area (Å²) in [5, 5.41) is 10.9. The molecule has 0 fully saturated rings. The number of aromatic nitrogens is 5. The van der Waals surface area contributed by atoms with Crippen LogP contribution in [-0.2, 0) is 0 Å². The Balaban J connectivity index is 2.97. The number of fused-ring (bicyclic) bond motifs is 1. The third-order valence-electron chi connectivity index (χ3n) is 1.27. The lowest BCUT2D eigenvalue weighted by Crippen LogP contribution is -2.02. The van der Waals surface area contributed by atoms with Crippen LogP contribution >= 0.6 is 38.5 Å². The minimum absolute atomic E-state index is 0.312. The molecule has 2 N–H and O–H groups in total. The van der Waals surface area contributed by atoms with Gasteiger partial charge in [-0.1, -0.05) is 0 Å². The molecule has 12 heavy (non-hydrogen) atoms. The Kier molecular flexibility index (Phi) is 1.87. The fourth-order valence-corrected chi connectivity index (χ4v) is 1.57. The summed E-state index contributed by atoms with van der Waals surface area (Å²) >= 11 is 5.31. The molecule has 0 aliphatic heterocycles. The highest BCUT2D eigenvalue weighted by molar-refractivity contribution is 14.1. The number of halogens is 2. The van der Waals surface area contributed by atoms with E-state index in [2.05, 4.69) is 59.0 Å². The Hall–Kier alpha value is -0.510. The number of tetrazole rings is 1. The molecule has 0 aromatic carbocycles. The van der Waals surface area contributed by atoms with Gasteiger partial charge in [0, 0.05) is 0 Å². The average molecular weight is 341 g/mol. The van der Waals surface area contributed by atoms with Crippen LogP contribution < -0.4 is 5.73 Å². The highest BCUT2D eigenvalue weighted by Crippen LogP contribution is 2.19. The molecule has 0 radical (unpaired) electrons. The summed E-state index contributed by atoms with van der Waals surface area (Å²) in [5.41, 5.74) is 6.04. The quantitative estimate of drug-likeness (QED) is 0.705. The molecule has 0 aliphatic carbocycles. The van der Waals surface area contributed by atoms with Crippen molar-refractivity contribution in [2.75, 3.05) is 5.73 Å². The van der Waals surface area contributed by atoms with Crippen molar-refractivity contribution in [3.63, 3.8) is 0 Å². The topological polar surface area (TPSA) is 82.0 Å². The first-order chi connectivity index (χ1) is 5.70. The van der Waals surface area contributed by atoms with Gasteiger partial charge in [0.25, 0.3) is 0 Å². The molecule has 0 saturated carbocycles. The van der Waals surface area contributed by atoms with Crippen LogP contribution in [0.3, 0.4) is 0 Å². The molecular weight excluding hydrogens is 339 g/mol. The van der Waals surface area contributed by atoms with Gasteiger partial charge in [0.05, 0.1) is 0 Å². The number of anilines is 1. The molecule has 8 heteroatoms. The molecule has 0 aliphatic rings. The SMILES string of the molecule is Nc1nc(Br)c(I)n2nnnc12. The van der Waals surface area contributed by atoms with Crippen LogP contribution in [0, 0.1) is 3.70 Å². The van der Waals surface area contributed by atoms with Crippen LogP contribution in [0.4, 0.5) is 5.82 Å². The number of nitrogen functional groups attached to an aromatic ring is 1. The Morgan fingerprint density at radius 2 is 2.25 bits per heavy atom. The van der Waals surface area contributed by atoms with Crippen molar-refractivity contribution in [3.8, 4) is 0 Å². The smallest absolute Gasteiger partial charge is 0.222 e. The molecule has 0 unspecified atom stereocenters. The lowest BCUT2D eigenvalue weighted by atomic mass is 10.6. The fourth-order valence-electron chi connectivity index (χ4n) is 0.768. The molecule has 2 aromatic rings. The maximum atomic E-state index is 5.56. The van der Waals surface area contributed by atoms with Gasteiger partial charge in [0.15, 0.2) is 5.82 Å². The van der Waals surface area contributed by atoms with Crippen LogP contribution in [0.2, 0.25) is 0 Å². The Bertz CT molecular complexity index is 438. The Labute approximate surface area is 88.8 Å². The van der Waals surface area contributed by atoms with Crippen LogP contribution in [-0.4, -0.2) is 25.0 Å². The summed E-state index contributed by atoms with van der Waals surface area (Å²) in [6.45, 7) is 0. The van der Waals surface area contributed by atoms with Gasteiger partial charge in [-0.2, -0.15) is 4.52 Å². The van der Waals surface area contributed by atoms with Gasteiger partial charge in [-0.3, -0.25) is 0 Å². The van der Waals surface area contributed by atoms with Crippen molar-refractivity contribution in [1.29, 1.82) is 0 Å². The second-order valence-electron chi connectivity index (χ2n) is 1.99. The molecule has 0 saturated heterocycles. The van der Waals surface area contributed by atoms with E-state index in [9.17, 15) is 0 Å². The van der Waals surface area contributed by atoms with E-state index in [1.807, 2.05) is 0 Å². The highest BCUT2D eigenvalue weighted by atomic mass is 127. The van der Waals surface area contributed by atoms with Crippen LogP contribution in [0.15, 0.2) is 4.60 Å². The highest BCUT2D eigenvalue weighted by Gasteiger charge is 2.10. The van der Waals surface area contributed by atoms with Gasteiger partial charge in [0.2, 0.25) is 5.65 Å². The Morgan fingerprint density at radius 3 is 3.00 bits per heavy atom. The largest absolute Gasteiger partial charge is 0.380 e. The van der Waals surface area contributed by atoms with Gasteiger partial charge in [-0.15, -0.1) is 5.10 Å². The molecule has 0 spiro atoms. The van der Waals surface area contributed by atoms with E-state index < -0.39 is 0 Å². The summed E-state index contributed by atoms with van der Waals surface area (Å²) in [6.07, 6.45) is 0. The number of rotatable bonds is 0. The number of hydrogen-bond acceptors (Lipinski definition) is 5. The van der Waals surface area contributed by atoms with E-state index in [-0.39, 0.29) is 0 Å². The lowest BCUT2D eigenvalue weighted by molar-refractivity contribution is 0.803. The van der Waals surface area contributed by atoms with Crippen LogP contribution in [0.5, 0.6) is 0 Å². The third-order valence-corrected chi connectivity index (χ3v) is 3.54. The van der Waals surface area contributed by atoms with E-state index >= 15 is 0 Å². The standard InChI is InChI=1S/C4H2BrIN6/c5-1-2(6)12-4(3(7)8-1)9-10-11-12/h(H2,7,8). The first-order valence-electron chi connectivity index (χ1n) is 2.88. The van der Waals surface area contributed by atoms with Crippen molar-refractivity contribution in [1.82, 2.24) is 25.0 Å². The molecule has 2 aromatic heterocycles. The van der Waals surface area contributed by atoms with Crippen molar-refractivity contribution < 1.29 is 0 Å². The van der Waals surface area contributed by atoms with E-state index in [1.165, 1.54) is 4.52 Å². The van der Waals surface area contributed by atoms with E-state index in [0.29, 0.717) is 16.1 Å². The van der Waals surface area contributed by atoms with Crippen LogP contribution in [0.25, 0.3) is 5.65 Å². The van der Waals surface area contributed by atoms with Crippen molar-refractivity contribution >= 4 is 50.0 Å². The fraction of sp³-hybridized carbons (Fsp3) is 0. The van der Waals surface area contributed by atoms with Crippen molar-refractivity contribution in [3.05, 3.63) is 8.30 Å². The van der Waals surface area contributed by atoms with E-state index in [0.717, 1.165) is 3.70 Å². The molecule has 0 bridgehead atoms. The normalized spacial score (nSPS) is 10.8. The summed E-state index contributed by atoms with van der Waals surface area (Å²) in [5.74, 6) is 0.312. The summed E-state index contributed by atoms with van der Waals surface area (Å²) in [7, 11) is 0. The molecule has 2 rings (SSSR count). The maximum absolute atomic E-state index is 5.56. The van der Waals surface area contributed by atoms with Crippen LogP contribution in [0.1, 0.15) is 0 Å². The first-order valence-corrected chi connectivity index (χ1v) is 4.76. The number of nitrogens with two attached hydrogens (primary N) is 1. The zero-order chi connectivity index (χ0) is 8.72. The average Bonchev–Trinajstić information content (AvgIpc) is 2.48. The van der Waals surface area contributed by atoms with E-state index in [4.69, 9.17) is 5.73 Å². The number of nitrogens with zero attached hydrogens (tertiary/aromatic N) is 5. The minimum atomic E-state index is 0.312. The lowest BCUT2D eigenvalue weighted by Gasteiger charge is -1.98. The van der Waals surface area contributed by atoms with Crippen molar-refractivity contribution in [2.45, 2.75) is 0 Å². The van der Waals surface area contributed by atoms with E-state index in [1.54, 1.807) is 0 Å². The summed E-state index contributed by atoms with van der Waals surface area (Å²) in [6, 6.07) is 0. The minimum Gasteiger partial charge on any atom is -0.380 e. The summed E-state index contributed by atoms with van der Waals surface area (Å²) < 4.78 is 2.95. The molecule has 62 valence electrons. The van der Waals surface area contributed by atoms with Gasteiger partial charge >= 0.3 is 0 Å². The third kappa shape index (κ3) is 1.05. The number of hydrogen-bond donors (Lipinski definition) is 1. The zero-order valence-corrected chi connectivity index (χ0v) is 9.31. The van der Waals surface area contributed by atoms with Gasteiger partial charge in [-0.05, 0) is 48.9 Å². The second kappa shape index (κ2) is 2.76. The molecular formula is C4H2BrIN6. The van der Waals surface area contributed by atoms with Gasteiger partial charge in [-0.25, -0.2) is 4.98 Å². The summed E-state index contributed by atoms with van der Waals surface area (Å²) in [4.78, 5) is 4.00. The predicted molar refractivity (Wildman–Crippen MR) is 53.4 cm³/mol. The molecule has 6 nitrogen and oxygen atoms in total. The maximum Gasteiger partial charge on any atom is 0.222 e. The molecule has 0 amide bonds. The van der Waals surface area contributed by atoms with Crippen molar-refractivity contribution in [2.24, 2.45) is 0 Å². The molecule has 2 heterocycles.